The van der Waals surface area contributed by atoms with Crippen LogP contribution in [0.15, 0.2) is 60.5 Å². The van der Waals surface area contributed by atoms with E-state index in [0.717, 1.165) is 30.2 Å². The van der Waals surface area contributed by atoms with Crippen LogP contribution in [-0.2, 0) is 19.6 Å². The molecule has 0 bridgehead atoms. The van der Waals surface area contributed by atoms with Crippen LogP contribution >= 0.6 is 11.8 Å². The van der Waals surface area contributed by atoms with Crippen LogP contribution in [0.1, 0.15) is 17.5 Å². The summed E-state index contributed by atoms with van der Waals surface area (Å²) in [5, 5.41) is 0.759. The molecule has 2 aromatic heterocycles. The maximum atomic E-state index is 14.1. The third kappa shape index (κ3) is 5.37. The highest BCUT2D eigenvalue weighted by atomic mass is 32.2. The van der Waals surface area contributed by atoms with Crippen molar-refractivity contribution in [3.63, 3.8) is 0 Å². The van der Waals surface area contributed by atoms with E-state index in [9.17, 15) is 4.39 Å². The molecule has 26 heavy (non-hydrogen) atoms. The molecule has 0 radical (unpaired) electrons. The predicted molar refractivity (Wildman–Crippen MR) is 101 cm³/mol. The van der Waals surface area contributed by atoms with Gasteiger partial charge in [0.15, 0.2) is 5.16 Å². The first-order valence-electron chi connectivity index (χ1n) is 8.51. The van der Waals surface area contributed by atoms with Crippen LogP contribution in [-0.4, -0.2) is 37.2 Å². The highest BCUT2D eigenvalue weighted by molar-refractivity contribution is 7.98. The zero-order valence-corrected chi connectivity index (χ0v) is 15.6. The SMILES string of the molecule is CSc1ncc(CN(CCCn2ccnc2)Cc2ccccc2F)cn1. The molecule has 0 fully saturated rings. The van der Waals surface area contributed by atoms with Crippen molar-refractivity contribution in [2.75, 3.05) is 12.8 Å². The molecular formula is C19H22FN5S. The van der Waals surface area contributed by atoms with Crippen molar-refractivity contribution >= 4 is 11.8 Å². The average Bonchev–Trinajstić information content (AvgIpc) is 3.17. The quantitative estimate of drug-likeness (QED) is 0.425. The Morgan fingerprint density at radius 3 is 2.65 bits per heavy atom. The highest BCUT2D eigenvalue weighted by Crippen LogP contribution is 2.14. The van der Waals surface area contributed by atoms with Gasteiger partial charge >= 0.3 is 0 Å². The number of aryl methyl sites for hydroxylation is 1. The fourth-order valence-electron chi connectivity index (χ4n) is 2.77. The fourth-order valence-corrected chi connectivity index (χ4v) is 3.08. The van der Waals surface area contributed by atoms with Crippen molar-refractivity contribution in [1.29, 1.82) is 0 Å². The first-order valence-corrected chi connectivity index (χ1v) is 9.73. The van der Waals surface area contributed by atoms with Gasteiger partial charge in [-0.3, -0.25) is 4.90 Å². The van der Waals surface area contributed by atoms with E-state index in [4.69, 9.17) is 0 Å². The van der Waals surface area contributed by atoms with Crippen LogP contribution < -0.4 is 0 Å². The minimum Gasteiger partial charge on any atom is -0.337 e. The van der Waals surface area contributed by atoms with E-state index in [1.165, 1.54) is 17.8 Å². The van der Waals surface area contributed by atoms with Crippen LogP contribution in [0.4, 0.5) is 4.39 Å². The molecule has 0 aliphatic rings. The average molecular weight is 371 g/mol. The van der Waals surface area contributed by atoms with E-state index < -0.39 is 0 Å². The van der Waals surface area contributed by atoms with E-state index in [1.54, 1.807) is 12.3 Å². The first kappa shape index (κ1) is 18.5. The molecule has 0 unspecified atom stereocenters. The monoisotopic (exact) mass is 371 g/mol. The zero-order chi connectivity index (χ0) is 18.2. The summed E-state index contributed by atoms with van der Waals surface area (Å²) < 4.78 is 16.1. The van der Waals surface area contributed by atoms with Gasteiger partial charge in [0.05, 0.1) is 6.33 Å². The van der Waals surface area contributed by atoms with Gasteiger partial charge in [-0.25, -0.2) is 19.3 Å². The molecule has 3 rings (SSSR count). The van der Waals surface area contributed by atoms with Gasteiger partial charge in [-0.2, -0.15) is 0 Å². The summed E-state index contributed by atoms with van der Waals surface area (Å²) in [6, 6.07) is 6.94. The highest BCUT2D eigenvalue weighted by Gasteiger charge is 2.11. The summed E-state index contributed by atoms with van der Waals surface area (Å²) in [5.41, 5.74) is 1.73. The van der Waals surface area contributed by atoms with Gasteiger partial charge < -0.3 is 4.57 Å². The van der Waals surface area contributed by atoms with Crippen molar-refractivity contribution in [2.24, 2.45) is 0 Å². The fraction of sp³-hybridized carbons (Fsp3) is 0.316. The van der Waals surface area contributed by atoms with Gasteiger partial charge in [0.25, 0.3) is 0 Å². The number of aromatic nitrogens is 4. The zero-order valence-electron chi connectivity index (χ0n) is 14.8. The van der Waals surface area contributed by atoms with E-state index in [0.29, 0.717) is 18.7 Å². The van der Waals surface area contributed by atoms with Gasteiger partial charge in [-0.1, -0.05) is 30.0 Å². The molecule has 0 aliphatic heterocycles. The molecule has 136 valence electrons. The normalized spacial score (nSPS) is 11.2. The van der Waals surface area contributed by atoms with Crippen molar-refractivity contribution in [3.05, 3.63) is 72.3 Å². The molecule has 0 aliphatic carbocycles. The van der Waals surface area contributed by atoms with Gasteiger partial charge in [-0.15, -0.1) is 0 Å². The molecular weight excluding hydrogens is 349 g/mol. The Morgan fingerprint density at radius 2 is 1.96 bits per heavy atom. The number of halogens is 1. The molecule has 3 aromatic rings. The molecule has 0 amide bonds. The maximum absolute atomic E-state index is 14.1. The summed E-state index contributed by atoms with van der Waals surface area (Å²) in [4.78, 5) is 15.0. The number of imidazole rings is 1. The molecule has 7 heteroatoms. The van der Waals surface area contributed by atoms with Crippen LogP contribution in [0.3, 0.4) is 0 Å². The Labute approximate surface area is 157 Å². The van der Waals surface area contributed by atoms with Crippen LogP contribution in [0.2, 0.25) is 0 Å². The van der Waals surface area contributed by atoms with Crippen LogP contribution in [0.25, 0.3) is 0 Å². The topological polar surface area (TPSA) is 46.8 Å². The number of hydrogen-bond acceptors (Lipinski definition) is 5. The Hall–Kier alpha value is -2.25. The van der Waals surface area contributed by atoms with E-state index in [1.807, 2.05) is 43.3 Å². The standard InChI is InChI=1S/C19H22FN5S/c1-26-19-22-11-16(12-23-19)13-25(9-4-8-24-10-7-21-15-24)14-17-5-2-3-6-18(17)20/h2-3,5-7,10-12,15H,4,8-9,13-14H2,1H3. The number of rotatable bonds is 9. The summed E-state index contributed by atoms with van der Waals surface area (Å²) in [7, 11) is 0. The minimum absolute atomic E-state index is 0.166. The van der Waals surface area contributed by atoms with Crippen molar-refractivity contribution < 1.29 is 4.39 Å². The Morgan fingerprint density at radius 1 is 1.15 bits per heavy atom. The molecule has 0 atom stereocenters. The van der Waals surface area contributed by atoms with Crippen molar-refractivity contribution in [3.8, 4) is 0 Å². The summed E-state index contributed by atoms with van der Waals surface area (Å²) in [5.74, 6) is -0.166. The second-order valence-corrected chi connectivity index (χ2v) is 6.81. The van der Waals surface area contributed by atoms with Gasteiger partial charge in [0.2, 0.25) is 0 Å². The summed E-state index contributed by atoms with van der Waals surface area (Å²) in [6.45, 7) is 2.97. The Bertz CT molecular complexity index is 792. The van der Waals surface area contributed by atoms with E-state index in [-0.39, 0.29) is 5.82 Å². The molecule has 0 N–H and O–H groups in total. The molecule has 0 saturated carbocycles. The smallest absolute Gasteiger partial charge is 0.187 e. The van der Waals surface area contributed by atoms with Crippen molar-refractivity contribution in [2.45, 2.75) is 31.2 Å². The van der Waals surface area contributed by atoms with Crippen LogP contribution in [0, 0.1) is 5.82 Å². The third-order valence-corrected chi connectivity index (χ3v) is 4.65. The van der Waals surface area contributed by atoms with Gasteiger partial charge in [0.1, 0.15) is 5.82 Å². The number of hydrogen-bond donors (Lipinski definition) is 0. The number of benzene rings is 1. The molecule has 0 saturated heterocycles. The minimum atomic E-state index is -0.166. The second-order valence-electron chi connectivity index (χ2n) is 6.03. The lowest BCUT2D eigenvalue weighted by Crippen LogP contribution is -2.25. The lowest BCUT2D eigenvalue weighted by Gasteiger charge is -2.22. The maximum Gasteiger partial charge on any atom is 0.187 e. The largest absolute Gasteiger partial charge is 0.337 e. The van der Waals surface area contributed by atoms with E-state index in [2.05, 4.69) is 24.4 Å². The Kier molecular flexibility index (Phi) is 6.74. The molecule has 2 heterocycles. The lowest BCUT2D eigenvalue weighted by atomic mass is 10.2. The third-order valence-electron chi connectivity index (χ3n) is 4.07. The van der Waals surface area contributed by atoms with Crippen molar-refractivity contribution in [1.82, 2.24) is 24.4 Å². The summed E-state index contributed by atoms with van der Waals surface area (Å²) in [6.07, 6.45) is 12.2. The molecule has 1 aromatic carbocycles. The van der Waals surface area contributed by atoms with Crippen LogP contribution in [0.5, 0.6) is 0 Å². The van der Waals surface area contributed by atoms with Gasteiger partial charge in [0, 0.05) is 62.1 Å². The molecule has 0 spiro atoms. The predicted octanol–water partition coefficient (Wildman–Crippen LogP) is 3.63. The van der Waals surface area contributed by atoms with E-state index >= 15 is 0 Å². The lowest BCUT2D eigenvalue weighted by molar-refractivity contribution is 0.244. The van der Waals surface area contributed by atoms with Gasteiger partial charge in [-0.05, 0) is 18.7 Å². The Balaban J connectivity index is 1.66. The second kappa shape index (κ2) is 9.45. The first-order chi connectivity index (χ1) is 12.7. The summed E-state index contributed by atoms with van der Waals surface area (Å²) >= 11 is 1.52. The number of thioether (sulfide) groups is 1. The number of nitrogens with zero attached hydrogens (tertiary/aromatic N) is 5. The molecule has 5 nitrogen and oxygen atoms in total.